The van der Waals surface area contributed by atoms with Gasteiger partial charge in [0.2, 0.25) is 0 Å². The van der Waals surface area contributed by atoms with E-state index in [0.29, 0.717) is 5.92 Å². The summed E-state index contributed by atoms with van der Waals surface area (Å²) in [6.45, 7) is 7.21. The van der Waals surface area contributed by atoms with E-state index in [1.54, 1.807) is 7.11 Å². The fourth-order valence-electron chi connectivity index (χ4n) is 3.74. The molecule has 0 radical (unpaired) electrons. The molecule has 2 N–H and O–H groups in total. The maximum Gasteiger partial charge on any atom is 0.123 e. The van der Waals surface area contributed by atoms with Crippen molar-refractivity contribution in [1.82, 2.24) is 4.90 Å². The van der Waals surface area contributed by atoms with Gasteiger partial charge in [-0.2, -0.15) is 0 Å². The number of nitrogens with zero attached hydrogens (tertiary/aromatic N) is 1. The summed E-state index contributed by atoms with van der Waals surface area (Å²) in [5.41, 5.74) is 8.91. The van der Waals surface area contributed by atoms with Crippen LogP contribution in [0, 0.1) is 0 Å². The van der Waals surface area contributed by atoms with Crippen molar-refractivity contribution >= 4 is 0 Å². The lowest BCUT2D eigenvalue weighted by molar-refractivity contribution is 0.275. The molecule has 25 heavy (non-hydrogen) atoms. The number of fused-ring (bicyclic) bond motifs is 1. The first-order valence-corrected chi connectivity index (χ1v) is 9.86. The van der Waals surface area contributed by atoms with Gasteiger partial charge >= 0.3 is 0 Å². The molecule has 4 nitrogen and oxygen atoms in total. The van der Waals surface area contributed by atoms with E-state index >= 15 is 0 Å². The van der Waals surface area contributed by atoms with E-state index in [0.717, 1.165) is 44.0 Å². The highest BCUT2D eigenvalue weighted by atomic mass is 16.5. The van der Waals surface area contributed by atoms with Crippen LogP contribution in [-0.4, -0.2) is 44.8 Å². The fraction of sp³-hybridized carbons (Fsp3) is 0.714. The molecule has 1 aliphatic heterocycles. The maximum atomic E-state index is 6.44. The lowest BCUT2D eigenvalue weighted by Crippen LogP contribution is -2.37. The first-order valence-electron chi connectivity index (χ1n) is 9.86. The number of rotatable bonds is 11. The van der Waals surface area contributed by atoms with E-state index in [-0.39, 0.29) is 6.04 Å². The van der Waals surface area contributed by atoms with E-state index in [1.807, 2.05) is 0 Å². The predicted molar refractivity (Wildman–Crippen MR) is 105 cm³/mol. The molecule has 2 atom stereocenters. The number of likely N-dealkylation sites (N-methyl/N-ethyl adjacent to an activating group) is 1. The van der Waals surface area contributed by atoms with Crippen LogP contribution in [0.4, 0.5) is 0 Å². The Hall–Kier alpha value is -1.26. The Balaban J connectivity index is 1.88. The van der Waals surface area contributed by atoms with E-state index in [4.69, 9.17) is 15.2 Å². The van der Waals surface area contributed by atoms with E-state index in [1.165, 1.54) is 36.8 Å². The van der Waals surface area contributed by atoms with Crippen LogP contribution in [0.15, 0.2) is 12.1 Å². The predicted octanol–water partition coefficient (Wildman–Crippen LogP) is 3.96. The third-order valence-electron chi connectivity index (χ3n) is 5.20. The SMILES string of the molecule is CCCCCCN(C)C[C@@H](N)CC1COc2cc(CC)c(OC)cc21. The molecule has 0 bridgehead atoms. The molecule has 1 unspecified atom stereocenters. The van der Waals surface area contributed by atoms with Crippen LogP contribution in [0.5, 0.6) is 11.5 Å². The zero-order chi connectivity index (χ0) is 18.2. The minimum atomic E-state index is 0.174. The van der Waals surface area contributed by atoms with Crippen molar-refractivity contribution in [2.75, 3.05) is 33.9 Å². The second-order valence-electron chi connectivity index (χ2n) is 7.38. The van der Waals surface area contributed by atoms with Crippen molar-refractivity contribution in [2.45, 2.75) is 64.3 Å². The topological polar surface area (TPSA) is 47.7 Å². The van der Waals surface area contributed by atoms with Gasteiger partial charge in [0.15, 0.2) is 0 Å². The third-order valence-corrected chi connectivity index (χ3v) is 5.20. The molecule has 0 amide bonds. The summed E-state index contributed by atoms with van der Waals surface area (Å²) >= 11 is 0. The van der Waals surface area contributed by atoms with E-state index in [9.17, 15) is 0 Å². The number of hydrogen-bond donors (Lipinski definition) is 1. The molecule has 1 aromatic rings. The monoisotopic (exact) mass is 348 g/mol. The molecule has 2 rings (SSSR count). The molecule has 0 spiro atoms. The Morgan fingerprint density at radius 1 is 1.28 bits per heavy atom. The van der Waals surface area contributed by atoms with Gasteiger partial charge in [-0.3, -0.25) is 0 Å². The summed E-state index contributed by atoms with van der Waals surface area (Å²) < 4.78 is 11.5. The summed E-state index contributed by atoms with van der Waals surface area (Å²) in [5, 5.41) is 0. The highest BCUT2D eigenvalue weighted by molar-refractivity contribution is 5.50. The average molecular weight is 349 g/mol. The maximum absolute atomic E-state index is 6.44. The highest BCUT2D eigenvalue weighted by Gasteiger charge is 2.28. The Labute approximate surface area is 153 Å². The van der Waals surface area contributed by atoms with E-state index in [2.05, 4.69) is 37.9 Å². The molecular formula is C21H36N2O2. The quantitative estimate of drug-likeness (QED) is 0.615. The molecule has 0 fully saturated rings. The number of aryl methyl sites for hydroxylation is 1. The molecule has 0 aromatic heterocycles. The lowest BCUT2D eigenvalue weighted by atomic mass is 9.92. The smallest absolute Gasteiger partial charge is 0.123 e. The zero-order valence-electron chi connectivity index (χ0n) is 16.5. The van der Waals surface area contributed by atoms with Crippen LogP contribution >= 0.6 is 0 Å². The summed E-state index contributed by atoms with van der Waals surface area (Å²) in [6.07, 6.45) is 7.11. The number of ether oxygens (including phenoxy) is 2. The van der Waals surface area contributed by atoms with Gasteiger partial charge in [0, 0.05) is 24.1 Å². The summed E-state index contributed by atoms with van der Waals surface area (Å²) in [6, 6.07) is 4.47. The Morgan fingerprint density at radius 3 is 2.76 bits per heavy atom. The van der Waals surface area contributed by atoms with Gasteiger partial charge in [0.1, 0.15) is 11.5 Å². The standard InChI is InChI=1S/C21H36N2O2/c1-5-7-8-9-10-23(3)14-18(22)11-17-15-25-21-12-16(6-2)20(24-4)13-19(17)21/h12-13,17-18H,5-11,14-15,22H2,1-4H3/t17?,18-/m0/s1. The Bertz CT molecular complexity index is 533. The van der Waals surface area contributed by atoms with Gasteiger partial charge in [0.25, 0.3) is 0 Å². The number of methoxy groups -OCH3 is 1. The molecular weight excluding hydrogens is 312 g/mol. The van der Waals surface area contributed by atoms with Crippen molar-refractivity contribution < 1.29 is 9.47 Å². The van der Waals surface area contributed by atoms with E-state index < -0.39 is 0 Å². The Kier molecular flexibility index (Phi) is 8.04. The molecule has 0 saturated carbocycles. The van der Waals surface area contributed by atoms with Gasteiger partial charge in [0.05, 0.1) is 13.7 Å². The first kappa shape index (κ1) is 20.1. The normalized spacial score (nSPS) is 17.4. The number of benzene rings is 1. The van der Waals surface area contributed by atoms with Gasteiger partial charge in [-0.1, -0.05) is 33.1 Å². The lowest BCUT2D eigenvalue weighted by Gasteiger charge is -2.23. The molecule has 4 heteroatoms. The molecule has 1 aromatic carbocycles. The number of unbranched alkanes of at least 4 members (excludes halogenated alkanes) is 3. The molecule has 142 valence electrons. The number of hydrogen-bond acceptors (Lipinski definition) is 4. The highest BCUT2D eigenvalue weighted by Crippen LogP contribution is 2.40. The largest absolute Gasteiger partial charge is 0.496 e. The van der Waals surface area contributed by atoms with Crippen LogP contribution in [-0.2, 0) is 6.42 Å². The molecule has 0 saturated heterocycles. The van der Waals surface area contributed by atoms with Crippen LogP contribution in [0.25, 0.3) is 0 Å². The average Bonchev–Trinajstić information content (AvgIpc) is 2.99. The number of nitrogens with two attached hydrogens (primary N) is 1. The van der Waals surface area contributed by atoms with Crippen LogP contribution < -0.4 is 15.2 Å². The second kappa shape index (κ2) is 10.0. The summed E-state index contributed by atoms with van der Waals surface area (Å²) in [7, 11) is 3.92. The zero-order valence-corrected chi connectivity index (χ0v) is 16.5. The van der Waals surface area contributed by atoms with Gasteiger partial charge in [-0.25, -0.2) is 0 Å². The molecule has 1 heterocycles. The summed E-state index contributed by atoms with van der Waals surface area (Å²) in [5.74, 6) is 2.36. The van der Waals surface area contributed by atoms with Crippen LogP contribution in [0.3, 0.4) is 0 Å². The fourth-order valence-corrected chi connectivity index (χ4v) is 3.74. The van der Waals surface area contributed by atoms with Crippen molar-refractivity contribution in [3.05, 3.63) is 23.3 Å². The first-order chi connectivity index (χ1) is 12.1. The van der Waals surface area contributed by atoms with Crippen molar-refractivity contribution in [3.63, 3.8) is 0 Å². The van der Waals surface area contributed by atoms with Crippen LogP contribution in [0.1, 0.15) is 63.0 Å². The van der Waals surface area contributed by atoms with Gasteiger partial charge in [-0.15, -0.1) is 0 Å². The molecule has 1 aliphatic rings. The minimum Gasteiger partial charge on any atom is -0.496 e. The summed E-state index contributed by atoms with van der Waals surface area (Å²) in [4.78, 5) is 2.37. The van der Waals surface area contributed by atoms with Crippen molar-refractivity contribution in [1.29, 1.82) is 0 Å². The van der Waals surface area contributed by atoms with Crippen molar-refractivity contribution in [2.24, 2.45) is 5.73 Å². The second-order valence-corrected chi connectivity index (χ2v) is 7.38. The van der Waals surface area contributed by atoms with Crippen LogP contribution in [0.2, 0.25) is 0 Å². The van der Waals surface area contributed by atoms with Gasteiger partial charge in [-0.05, 0) is 50.6 Å². The Morgan fingerprint density at radius 2 is 2.08 bits per heavy atom. The van der Waals surface area contributed by atoms with Crippen molar-refractivity contribution in [3.8, 4) is 11.5 Å². The van der Waals surface area contributed by atoms with Gasteiger partial charge < -0.3 is 20.1 Å². The molecule has 0 aliphatic carbocycles. The minimum absolute atomic E-state index is 0.174. The third kappa shape index (κ3) is 5.61.